The van der Waals surface area contributed by atoms with Gasteiger partial charge in [-0.15, -0.1) is 11.3 Å². The summed E-state index contributed by atoms with van der Waals surface area (Å²) in [7, 11) is -4.07. The molecule has 0 unspecified atom stereocenters. The fourth-order valence-electron chi connectivity index (χ4n) is 3.38. The van der Waals surface area contributed by atoms with Crippen molar-refractivity contribution in [3.05, 3.63) is 77.8 Å². The summed E-state index contributed by atoms with van der Waals surface area (Å²) in [5, 5.41) is 6.14. The van der Waals surface area contributed by atoms with Gasteiger partial charge in [-0.25, -0.2) is 17.7 Å². The summed E-state index contributed by atoms with van der Waals surface area (Å²) in [6.07, 6.45) is 0. The number of carbonyl (C=O) groups is 1. The van der Waals surface area contributed by atoms with Gasteiger partial charge in [0, 0.05) is 16.5 Å². The highest BCUT2D eigenvalue weighted by Crippen LogP contribution is 2.31. The van der Waals surface area contributed by atoms with Crippen molar-refractivity contribution in [2.24, 2.45) is 0 Å². The molecule has 0 saturated heterocycles. The van der Waals surface area contributed by atoms with E-state index in [-0.39, 0.29) is 10.0 Å². The van der Waals surface area contributed by atoms with Crippen molar-refractivity contribution in [3.63, 3.8) is 0 Å². The molecule has 33 heavy (non-hydrogen) atoms. The van der Waals surface area contributed by atoms with Crippen molar-refractivity contribution >= 4 is 48.9 Å². The number of sulfonamides is 1. The minimum Gasteiger partial charge on any atom is -0.494 e. The summed E-state index contributed by atoms with van der Waals surface area (Å²) in [6.45, 7) is 3.80. The maximum absolute atomic E-state index is 13.8. The van der Waals surface area contributed by atoms with Crippen LogP contribution in [0.25, 0.3) is 10.8 Å². The lowest BCUT2D eigenvalue weighted by Gasteiger charge is -2.22. The van der Waals surface area contributed by atoms with Crippen LogP contribution < -0.4 is 14.4 Å². The van der Waals surface area contributed by atoms with Gasteiger partial charge in [-0.05, 0) is 49.6 Å². The molecule has 0 saturated carbocycles. The van der Waals surface area contributed by atoms with Crippen molar-refractivity contribution < 1.29 is 17.9 Å². The van der Waals surface area contributed by atoms with E-state index in [4.69, 9.17) is 4.74 Å². The molecule has 0 aliphatic carbocycles. The van der Waals surface area contributed by atoms with Crippen LogP contribution in [0.2, 0.25) is 0 Å². The van der Waals surface area contributed by atoms with E-state index in [1.54, 1.807) is 60.8 Å². The number of ether oxygens (including phenoxy) is 1. The van der Waals surface area contributed by atoms with Gasteiger partial charge in [-0.2, -0.15) is 0 Å². The number of hydrogen-bond acceptors (Lipinski definition) is 6. The van der Waals surface area contributed by atoms with Crippen LogP contribution in [0.15, 0.2) is 77.0 Å². The molecule has 7 nitrogen and oxygen atoms in total. The van der Waals surface area contributed by atoms with Crippen LogP contribution in [0, 0.1) is 6.92 Å². The standard InChI is InChI=1S/C24H23N3O4S2/c1-3-31-20-13-11-19(12-14-20)26-23(28)15-27(24-25-17(2)16-32-24)33(29,30)22-10-6-8-18-7-4-5-9-21(18)22/h4-14,16H,3,15H2,1-2H3,(H,26,28). The number of anilines is 2. The number of amides is 1. The van der Waals surface area contributed by atoms with Crippen molar-refractivity contribution in [1.82, 2.24) is 4.98 Å². The van der Waals surface area contributed by atoms with Crippen molar-refractivity contribution in [1.29, 1.82) is 0 Å². The average Bonchev–Trinajstić information content (AvgIpc) is 3.24. The molecular weight excluding hydrogens is 458 g/mol. The zero-order valence-electron chi connectivity index (χ0n) is 18.2. The van der Waals surface area contributed by atoms with Gasteiger partial charge in [-0.1, -0.05) is 36.4 Å². The lowest BCUT2D eigenvalue weighted by atomic mass is 10.1. The molecule has 1 heterocycles. The second-order valence-electron chi connectivity index (χ2n) is 7.27. The summed E-state index contributed by atoms with van der Waals surface area (Å²) in [6, 6.07) is 19.3. The van der Waals surface area contributed by atoms with Gasteiger partial charge >= 0.3 is 0 Å². The average molecular weight is 482 g/mol. The number of hydrogen-bond donors (Lipinski definition) is 1. The molecule has 4 rings (SSSR count). The Morgan fingerprint density at radius 2 is 1.79 bits per heavy atom. The first-order valence-corrected chi connectivity index (χ1v) is 12.7. The lowest BCUT2D eigenvalue weighted by Crippen LogP contribution is -2.38. The van der Waals surface area contributed by atoms with Gasteiger partial charge in [0.15, 0.2) is 5.13 Å². The van der Waals surface area contributed by atoms with E-state index >= 15 is 0 Å². The normalized spacial score (nSPS) is 11.3. The number of nitrogens with one attached hydrogen (secondary N) is 1. The van der Waals surface area contributed by atoms with E-state index in [0.717, 1.165) is 9.69 Å². The van der Waals surface area contributed by atoms with Crippen LogP contribution in [0.3, 0.4) is 0 Å². The van der Waals surface area contributed by atoms with Crippen LogP contribution in [0.4, 0.5) is 10.8 Å². The van der Waals surface area contributed by atoms with Gasteiger partial charge in [0.25, 0.3) is 10.0 Å². The van der Waals surface area contributed by atoms with E-state index in [1.807, 2.05) is 25.1 Å². The highest BCUT2D eigenvalue weighted by molar-refractivity contribution is 7.93. The molecule has 0 bridgehead atoms. The number of fused-ring (bicyclic) bond motifs is 1. The SMILES string of the molecule is CCOc1ccc(NC(=O)CN(c2nc(C)cs2)S(=O)(=O)c2cccc3ccccc23)cc1. The Kier molecular flexibility index (Phi) is 6.62. The van der Waals surface area contributed by atoms with Gasteiger partial charge in [0.05, 0.1) is 17.2 Å². The molecule has 1 N–H and O–H groups in total. The fraction of sp³-hybridized carbons (Fsp3) is 0.167. The molecular formula is C24H23N3O4S2. The third-order valence-corrected chi connectivity index (χ3v) is 7.77. The summed E-state index contributed by atoms with van der Waals surface area (Å²) < 4.78 is 34.0. The van der Waals surface area contributed by atoms with E-state index < -0.39 is 22.5 Å². The summed E-state index contributed by atoms with van der Waals surface area (Å²) in [4.78, 5) is 17.4. The van der Waals surface area contributed by atoms with Gasteiger partial charge in [-0.3, -0.25) is 4.79 Å². The highest BCUT2D eigenvalue weighted by Gasteiger charge is 2.30. The molecule has 170 valence electrons. The van der Waals surface area contributed by atoms with Crippen LogP contribution in [0.1, 0.15) is 12.6 Å². The molecule has 0 atom stereocenters. The van der Waals surface area contributed by atoms with E-state index in [1.165, 1.54) is 11.3 Å². The van der Waals surface area contributed by atoms with Crippen LogP contribution in [-0.2, 0) is 14.8 Å². The first-order chi connectivity index (χ1) is 15.9. The second-order valence-corrected chi connectivity index (χ2v) is 9.93. The summed E-state index contributed by atoms with van der Waals surface area (Å²) in [5.74, 6) is 0.213. The minimum atomic E-state index is -4.07. The molecule has 0 aliphatic rings. The molecule has 4 aromatic rings. The molecule has 0 fully saturated rings. The first kappa shape index (κ1) is 22.8. The lowest BCUT2D eigenvalue weighted by molar-refractivity contribution is -0.114. The Bertz CT molecular complexity index is 1380. The quantitative estimate of drug-likeness (QED) is 0.389. The topological polar surface area (TPSA) is 88.6 Å². The minimum absolute atomic E-state index is 0.127. The Morgan fingerprint density at radius 1 is 1.06 bits per heavy atom. The summed E-state index contributed by atoms with van der Waals surface area (Å²) in [5.41, 5.74) is 1.22. The summed E-state index contributed by atoms with van der Waals surface area (Å²) >= 11 is 1.18. The van der Waals surface area contributed by atoms with Crippen molar-refractivity contribution in [2.45, 2.75) is 18.7 Å². The number of aryl methyl sites for hydroxylation is 1. The molecule has 0 spiro atoms. The predicted octanol–water partition coefficient (Wildman–Crippen LogP) is 4.84. The van der Waals surface area contributed by atoms with Gasteiger partial charge in [0.1, 0.15) is 12.3 Å². The number of nitrogens with zero attached hydrogens (tertiary/aromatic N) is 2. The predicted molar refractivity (Wildman–Crippen MR) is 132 cm³/mol. The zero-order valence-corrected chi connectivity index (χ0v) is 19.8. The van der Waals surface area contributed by atoms with Gasteiger partial charge in [0.2, 0.25) is 5.91 Å². The maximum Gasteiger partial charge on any atom is 0.267 e. The van der Waals surface area contributed by atoms with Crippen LogP contribution >= 0.6 is 11.3 Å². The number of aromatic nitrogens is 1. The maximum atomic E-state index is 13.8. The number of thiazole rings is 1. The van der Waals surface area contributed by atoms with Gasteiger partial charge < -0.3 is 10.1 Å². The Labute approximate surface area is 196 Å². The van der Waals surface area contributed by atoms with E-state index in [9.17, 15) is 13.2 Å². The van der Waals surface area contributed by atoms with Crippen LogP contribution in [-0.4, -0.2) is 32.5 Å². The number of benzene rings is 3. The van der Waals surface area contributed by atoms with Crippen molar-refractivity contribution in [2.75, 3.05) is 22.8 Å². The zero-order chi connectivity index (χ0) is 23.4. The largest absolute Gasteiger partial charge is 0.494 e. The number of rotatable bonds is 8. The molecule has 9 heteroatoms. The third kappa shape index (κ3) is 4.99. The monoisotopic (exact) mass is 481 g/mol. The molecule has 0 radical (unpaired) electrons. The Hall–Kier alpha value is -3.43. The Balaban J connectivity index is 1.66. The van der Waals surface area contributed by atoms with E-state index in [2.05, 4.69) is 10.3 Å². The first-order valence-electron chi connectivity index (χ1n) is 10.3. The Morgan fingerprint density at radius 3 is 2.48 bits per heavy atom. The fourth-order valence-corrected chi connectivity index (χ4v) is 6.00. The van der Waals surface area contributed by atoms with E-state index in [0.29, 0.717) is 29.1 Å². The molecule has 3 aromatic carbocycles. The second kappa shape index (κ2) is 9.60. The smallest absolute Gasteiger partial charge is 0.267 e. The molecule has 1 amide bonds. The molecule has 1 aromatic heterocycles. The van der Waals surface area contributed by atoms with Crippen LogP contribution in [0.5, 0.6) is 5.75 Å². The molecule has 0 aliphatic heterocycles. The number of carbonyl (C=O) groups excluding carboxylic acids is 1. The third-order valence-electron chi connectivity index (χ3n) is 4.87. The van der Waals surface area contributed by atoms with Crippen molar-refractivity contribution in [3.8, 4) is 5.75 Å². The highest BCUT2D eigenvalue weighted by atomic mass is 32.2.